The van der Waals surface area contributed by atoms with Crippen molar-refractivity contribution in [2.24, 2.45) is 0 Å². The fourth-order valence-electron chi connectivity index (χ4n) is 4.19. The lowest BCUT2D eigenvalue weighted by molar-refractivity contribution is 0.0858. The highest BCUT2D eigenvalue weighted by atomic mass is 19.1. The van der Waals surface area contributed by atoms with Gasteiger partial charge in [-0.15, -0.1) is 0 Å². The Morgan fingerprint density at radius 3 is 2.55 bits per heavy atom. The second kappa shape index (κ2) is 10.6. The van der Waals surface area contributed by atoms with Crippen LogP contribution in [0.5, 0.6) is 0 Å². The highest BCUT2D eigenvalue weighted by Gasteiger charge is 2.22. The standard InChI is InChI=1S/C24H28F2N4O3/c25-16-6-8-21(20(26)13-16)29-24(32)28-17-7-9-22(30-10-2-1-3-11-30)19(14-17)23(31)27-15-18-5-4-12-33-18/h6-9,13-14,18H,1-5,10-12,15H2,(H,27,31)(H2,28,29,32). The molecule has 1 atom stereocenters. The van der Waals surface area contributed by atoms with Crippen LogP contribution in [0.3, 0.4) is 0 Å². The van der Waals surface area contributed by atoms with Crippen molar-refractivity contribution in [2.75, 3.05) is 41.8 Å². The van der Waals surface area contributed by atoms with E-state index in [0.717, 1.165) is 63.0 Å². The normalized spacial score (nSPS) is 18.1. The largest absolute Gasteiger partial charge is 0.376 e. The van der Waals surface area contributed by atoms with Crippen molar-refractivity contribution in [3.05, 3.63) is 53.6 Å². The zero-order valence-electron chi connectivity index (χ0n) is 18.3. The summed E-state index contributed by atoms with van der Waals surface area (Å²) in [5.74, 6) is -1.84. The monoisotopic (exact) mass is 458 g/mol. The Bertz CT molecular complexity index is 1010. The van der Waals surface area contributed by atoms with Crippen LogP contribution in [0.4, 0.5) is 30.6 Å². The smallest absolute Gasteiger partial charge is 0.323 e. The number of halogens is 2. The molecule has 4 rings (SSSR count). The molecule has 2 saturated heterocycles. The third kappa shape index (κ3) is 5.98. The van der Waals surface area contributed by atoms with Crippen LogP contribution in [0.1, 0.15) is 42.5 Å². The third-order valence-corrected chi connectivity index (χ3v) is 5.89. The van der Waals surface area contributed by atoms with Gasteiger partial charge in [0, 0.05) is 43.7 Å². The molecule has 176 valence electrons. The number of urea groups is 1. The van der Waals surface area contributed by atoms with Gasteiger partial charge in [0.05, 0.1) is 17.4 Å². The minimum atomic E-state index is -0.875. The lowest BCUT2D eigenvalue weighted by atomic mass is 10.1. The molecule has 0 aliphatic carbocycles. The summed E-state index contributed by atoms with van der Waals surface area (Å²) in [7, 11) is 0. The second-order valence-electron chi connectivity index (χ2n) is 8.33. The maximum Gasteiger partial charge on any atom is 0.323 e. The SMILES string of the molecule is O=C(Nc1ccc(N2CCCCC2)c(C(=O)NCC2CCCO2)c1)Nc1ccc(F)cc1F. The number of amides is 3. The molecule has 2 aromatic rings. The third-order valence-electron chi connectivity index (χ3n) is 5.89. The first-order valence-electron chi connectivity index (χ1n) is 11.3. The molecule has 1 unspecified atom stereocenters. The van der Waals surface area contributed by atoms with E-state index in [2.05, 4.69) is 20.9 Å². The van der Waals surface area contributed by atoms with Crippen molar-refractivity contribution < 1.29 is 23.1 Å². The summed E-state index contributed by atoms with van der Waals surface area (Å²) in [6.07, 6.45) is 5.20. The predicted octanol–water partition coefficient (Wildman–Crippen LogP) is 4.51. The molecule has 2 heterocycles. The van der Waals surface area contributed by atoms with Crippen LogP contribution in [0, 0.1) is 11.6 Å². The number of rotatable bonds is 6. The summed E-state index contributed by atoms with van der Waals surface area (Å²) in [6, 6.07) is 7.35. The molecule has 7 nitrogen and oxygen atoms in total. The van der Waals surface area contributed by atoms with Gasteiger partial charge in [-0.3, -0.25) is 4.79 Å². The zero-order chi connectivity index (χ0) is 23.2. The summed E-state index contributed by atoms with van der Waals surface area (Å²) >= 11 is 0. The van der Waals surface area contributed by atoms with Crippen LogP contribution in [-0.2, 0) is 4.74 Å². The van der Waals surface area contributed by atoms with Crippen molar-refractivity contribution in [3.63, 3.8) is 0 Å². The molecule has 33 heavy (non-hydrogen) atoms. The van der Waals surface area contributed by atoms with E-state index in [1.165, 1.54) is 0 Å². The van der Waals surface area contributed by atoms with Crippen LogP contribution in [0.25, 0.3) is 0 Å². The highest BCUT2D eigenvalue weighted by molar-refractivity contribution is 6.04. The molecule has 3 N–H and O–H groups in total. The highest BCUT2D eigenvalue weighted by Crippen LogP contribution is 2.28. The molecular weight excluding hydrogens is 430 g/mol. The van der Waals surface area contributed by atoms with E-state index in [-0.39, 0.29) is 17.7 Å². The molecule has 3 amide bonds. The Morgan fingerprint density at radius 1 is 1.00 bits per heavy atom. The van der Waals surface area contributed by atoms with Gasteiger partial charge in [-0.05, 0) is 62.4 Å². The van der Waals surface area contributed by atoms with Crippen LogP contribution in [0.15, 0.2) is 36.4 Å². The van der Waals surface area contributed by atoms with Gasteiger partial charge in [-0.1, -0.05) is 0 Å². The van der Waals surface area contributed by atoms with E-state index in [0.29, 0.717) is 30.5 Å². The Kier molecular flexibility index (Phi) is 7.39. The van der Waals surface area contributed by atoms with Gasteiger partial charge < -0.3 is 25.6 Å². The molecule has 0 radical (unpaired) electrons. The molecule has 2 aliphatic heterocycles. The quantitative estimate of drug-likeness (QED) is 0.595. The summed E-state index contributed by atoms with van der Waals surface area (Å²) in [5, 5.41) is 7.93. The average Bonchev–Trinajstić information content (AvgIpc) is 3.34. The average molecular weight is 459 g/mol. The maximum atomic E-state index is 13.8. The fraction of sp³-hybridized carbons (Fsp3) is 0.417. The van der Waals surface area contributed by atoms with E-state index < -0.39 is 17.7 Å². The molecule has 2 aliphatic rings. The fourth-order valence-corrected chi connectivity index (χ4v) is 4.19. The molecule has 0 spiro atoms. The summed E-state index contributed by atoms with van der Waals surface area (Å²) < 4.78 is 32.5. The predicted molar refractivity (Wildman–Crippen MR) is 123 cm³/mol. The molecule has 2 aromatic carbocycles. The van der Waals surface area contributed by atoms with Crippen molar-refractivity contribution in [1.82, 2.24) is 5.32 Å². The lowest BCUT2D eigenvalue weighted by Crippen LogP contribution is -2.35. The van der Waals surface area contributed by atoms with Crippen LogP contribution in [-0.4, -0.2) is 44.3 Å². The minimum Gasteiger partial charge on any atom is -0.376 e. The zero-order valence-corrected chi connectivity index (χ0v) is 18.3. The number of anilines is 3. The second-order valence-corrected chi connectivity index (χ2v) is 8.33. The topological polar surface area (TPSA) is 82.7 Å². The molecule has 2 fully saturated rings. The number of nitrogens with zero attached hydrogens (tertiary/aromatic N) is 1. The minimum absolute atomic E-state index is 0.0186. The number of ether oxygens (including phenoxy) is 1. The van der Waals surface area contributed by atoms with Gasteiger partial charge >= 0.3 is 6.03 Å². The number of carbonyl (C=O) groups excluding carboxylic acids is 2. The first-order chi connectivity index (χ1) is 16.0. The van der Waals surface area contributed by atoms with E-state index in [4.69, 9.17) is 4.74 Å². The summed E-state index contributed by atoms with van der Waals surface area (Å²) in [6.45, 7) is 2.87. The number of carbonyl (C=O) groups is 2. The van der Waals surface area contributed by atoms with Gasteiger partial charge in [0.25, 0.3) is 5.91 Å². The molecule has 0 aromatic heterocycles. The van der Waals surface area contributed by atoms with Crippen molar-refractivity contribution in [2.45, 2.75) is 38.2 Å². The van der Waals surface area contributed by atoms with Gasteiger partial charge in [0.15, 0.2) is 0 Å². The Hall–Kier alpha value is -3.20. The lowest BCUT2D eigenvalue weighted by Gasteiger charge is -2.30. The van der Waals surface area contributed by atoms with Gasteiger partial charge in [-0.2, -0.15) is 0 Å². The number of hydrogen-bond donors (Lipinski definition) is 3. The van der Waals surface area contributed by atoms with E-state index >= 15 is 0 Å². The van der Waals surface area contributed by atoms with Crippen LogP contribution >= 0.6 is 0 Å². The number of piperidine rings is 1. The van der Waals surface area contributed by atoms with Crippen molar-refractivity contribution in [1.29, 1.82) is 0 Å². The molecule has 9 heteroatoms. The maximum absolute atomic E-state index is 13.8. The summed E-state index contributed by atoms with van der Waals surface area (Å²) in [4.78, 5) is 27.6. The summed E-state index contributed by atoms with van der Waals surface area (Å²) in [5.41, 5.74) is 1.52. The van der Waals surface area contributed by atoms with Crippen molar-refractivity contribution in [3.8, 4) is 0 Å². The van der Waals surface area contributed by atoms with Gasteiger partial charge in [0.2, 0.25) is 0 Å². The van der Waals surface area contributed by atoms with Gasteiger partial charge in [-0.25, -0.2) is 13.6 Å². The number of nitrogens with one attached hydrogen (secondary N) is 3. The van der Waals surface area contributed by atoms with Crippen LogP contribution < -0.4 is 20.9 Å². The van der Waals surface area contributed by atoms with Crippen LogP contribution in [0.2, 0.25) is 0 Å². The Balaban J connectivity index is 1.49. The first kappa shape index (κ1) is 23.0. The molecule has 0 saturated carbocycles. The Morgan fingerprint density at radius 2 is 1.82 bits per heavy atom. The molecule has 0 bridgehead atoms. The number of hydrogen-bond acceptors (Lipinski definition) is 4. The van der Waals surface area contributed by atoms with E-state index in [1.54, 1.807) is 12.1 Å². The number of benzene rings is 2. The Labute approximate surface area is 191 Å². The van der Waals surface area contributed by atoms with Gasteiger partial charge in [0.1, 0.15) is 11.6 Å². The first-order valence-corrected chi connectivity index (χ1v) is 11.3. The van der Waals surface area contributed by atoms with Crippen molar-refractivity contribution >= 4 is 29.0 Å². The van der Waals surface area contributed by atoms with E-state index in [9.17, 15) is 18.4 Å². The molecular formula is C24H28F2N4O3. The van der Waals surface area contributed by atoms with E-state index in [1.807, 2.05) is 6.07 Å².